The van der Waals surface area contributed by atoms with E-state index in [0.717, 1.165) is 5.56 Å². The number of hydrogen-bond acceptors (Lipinski definition) is 4. The smallest absolute Gasteiger partial charge is 0.275 e. The average molecular weight is 293 g/mol. The van der Waals surface area contributed by atoms with Crippen molar-refractivity contribution in [3.8, 4) is 0 Å². The Morgan fingerprint density at radius 3 is 2.74 bits per heavy atom. The number of thiophene rings is 1. The summed E-state index contributed by atoms with van der Waals surface area (Å²) in [5, 5.41) is 4.71. The monoisotopic (exact) mass is 293 g/mol. The maximum absolute atomic E-state index is 11.9. The molecule has 7 heteroatoms. The molecular weight excluding hydrogens is 282 g/mol. The summed E-state index contributed by atoms with van der Waals surface area (Å²) in [6.07, 6.45) is 0. The van der Waals surface area contributed by atoms with Gasteiger partial charge in [0.25, 0.3) is 10.0 Å². The van der Waals surface area contributed by atoms with E-state index in [1.54, 1.807) is 11.4 Å². The first kappa shape index (κ1) is 12.2. The van der Waals surface area contributed by atoms with Crippen LogP contribution in [0.5, 0.6) is 0 Å². The molecule has 3 rings (SSSR count). The molecule has 1 aromatic carbocycles. The molecule has 0 aliphatic carbocycles. The van der Waals surface area contributed by atoms with Crippen molar-refractivity contribution in [1.29, 1.82) is 0 Å². The van der Waals surface area contributed by atoms with Gasteiger partial charge in [0.1, 0.15) is 0 Å². The molecule has 0 amide bonds. The van der Waals surface area contributed by atoms with Crippen molar-refractivity contribution >= 4 is 33.0 Å². The first-order chi connectivity index (χ1) is 9.15. The van der Waals surface area contributed by atoms with Crippen molar-refractivity contribution in [2.24, 2.45) is 4.99 Å². The van der Waals surface area contributed by atoms with E-state index >= 15 is 0 Å². The van der Waals surface area contributed by atoms with Crippen LogP contribution in [0.15, 0.2) is 51.0 Å². The Morgan fingerprint density at radius 2 is 1.95 bits per heavy atom. The molecule has 1 aliphatic heterocycles. The van der Waals surface area contributed by atoms with E-state index in [-0.39, 0.29) is 5.96 Å². The molecule has 19 heavy (non-hydrogen) atoms. The summed E-state index contributed by atoms with van der Waals surface area (Å²) < 4.78 is 26.6. The standard InChI is InChI=1S/C12H11N3O2S2/c16-19(17)11-10(6-7-18-11)14-12(15-19)13-8-9-4-2-1-3-5-9/h1-7H,8H2,(H2,13,14,15). The molecule has 5 nitrogen and oxygen atoms in total. The fourth-order valence-corrected chi connectivity index (χ4v) is 3.99. The summed E-state index contributed by atoms with van der Waals surface area (Å²) in [5.74, 6) is 0.259. The van der Waals surface area contributed by atoms with Crippen LogP contribution in [0.2, 0.25) is 0 Å². The molecule has 0 bridgehead atoms. The van der Waals surface area contributed by atoms with Crippen molar-refractivity contribution in [1.82, 2.24) is 4.72 Å². The highest BCUT2D eigenvalue weighted by atomic mass is 32.2. The maximum atomic E-state index is 11.9. The molecule has 2 heterocycles. The Labute approximate surface area is 115 Å². The normalized spacial score (nSPS) is 18.4. The van der Waals surface area contributed by atoms with Crippen LogP contribution in [0.3, 0.4) is 0 Å². The Kier molecular flexibility index (Phi) is 3.00. The molecule has 0 unspecified atom stereocenters. The molecule has 0 saturated heterocycles. The minimum Gasteiger partial charge on any atom is -0.324 e. The van der Waals surface area contributed by atoms with Crippen LogP contribution in [0.4, 0.5) is 5.69 Å². The second-order valence-electron chi connectivity index (χ2n) is 4.00. The van der Waals surface area contributed by atoms with Gasteiger partial charge in [0.15, 0.2) is 4.21 Å². The molecule has 0 saturated carbocycles. The molecule has 2 aromatic rings. The Balaban J connectivity index is 1.85. The molecule has 0 fully saturated rings. The number of nitrogens with zero attached hydrogens (tertiary/aromatic N) is 1. The van der Waals surface area contributed by atoms with E-state index in [0.29, 0.717) is 16.4 Å². The van der Waals surface area contributed by atoms with Gasteiger partial charge in [-0.3, -0.25) is 0 Å². The summed E-state index contributed by atoms with van der Waals surface area (Å²) >= 11 is 1.18. The lowest BCUT2D eigenvalue weighted by atomic mass is 10.2. The van der Waals surface area contributed by atoms with Gasteiger partial charge >= 0.3 is 0 Å². The van der Waals surface area contributed by atoms with Crippen LogP contribution in [-0.2, 0) is 16.6 Å². The van der Waals surface area contributed by atoms with E-state index in [2.05, 4.69) is 15.0 Å². The number of anilines is 1. The Hall–Kier alpha value is -1.86. The third-order valence-corrected chi connectivity index (χ3v) is 5.44. The number of nitrogens with one attached hydrogen (secondary N) is 2. The zero-order valence-corrected chi connectivity index (χ0v) is 11.5. The van der Waals surface area contributed by atoms with Crippen molar-refractivity contribution in [3.63, 3.8) is 0 Å². The van der Waals surface area contributed by atoms with Gasteiger partial charge in [-0.05, 0) is 17.0 Å². The molecule has 98 valence electrons. The van der Waals surface area contributed by atoms with Crippen LogP contribution in [-0.4, -0.2) is 14.4 Å². The van der Waals surface area contributed by atoms with Gasteiger partial charge < -0.3 is 5.32 Å². The number of hydrogen-bond donors (Lipinski definition) is 2. The van der Waals surface area contributed by atoms with Gasteiger partial charge in [0, 0.05) is 0 Å². The number of guanidine groups is 1. The molecule has 1 aromatic heterocycles. The number of fused-ring (bicyclic) bond motifs is 1. The second kappa shape index (κ2) is 4.67. The topological polar surface area (TPSA) is 70.6 Å². The fraction of sp³-hybridized carbons (Fsp3) is 0.0833. The molecular formula is C12H11N3O2S2. The van der Waals surface area contributed by atoms with Crippen molar-refractivity contribution in [2.75, 3.05) is 5.32 Å². The largest absolute Gasteiger partial charge is 0.324 e. The average Bonchev–Trinajstić information content (AvgIpc) is 2.86. The van der Waals surface area contributed by atoms with Gasteiger partial charge in [0.05, 0.1) is 12.2 Å². The zero-order chi connectivity index (χ0) is 13.3. The maximum Gasteiger partial charge on any atom is 0.275 e. The van der Waals surface area contributed by atoms with Crippen LogP contribution in [0.1, 0.15) is 5.56 Å². The van der Waals surface area contributed by atoms with E-state index in [1.165, 1.54) is 11.3 Å². The van der Waals surface area contributed by atoms with Crippen LogP contribution >= 0.6 is 11.3 Å². The summed E-state index contributed by atoms with van der Waals surface area (Å²) in [7, 11) is -3.48. The van der Waals surface area contributed by atoms with Gasteiger partial charge in [-0.15, -0.1) is 11.3 Å². The predicted molar refractivity (Wildman–Crippen MR) is 75.8 cm³/mol. The Morgan fingerprint density at radius 1 is 1.16 bits per heavy atom. The fourth-order valence-electron chi connectivity index (χ4n) is 1.75. The quantitative estimate of drug-likeness (QED) is 0.890. The minimum absolute atomic E-state index is 0.259. The van der Waals surface area contributed by atoms with Crippen LogP contribution in [0, 0.1) is 0 Å². The number of rotatable bonds is 2. The lowest BCUT2D eigenvalue weighted by Crippen LogP contribution is -2.39. The van der Waals surface area contributed by atoms with Crippen molar-refractivity contribution in [3.05, 3.63) is 47.3 Å². The highest BCUT2D eigenvalue weighted by Gasteiger charge is 2.27. The summed E-state index contributed by atoms with van der Waals surface area (Å²) in [6.45, 7) is 0.422. The number of sulfonamides is 1. The molecule has 1 aliphatic rings. The predicted octanol–water partition coefficient (Wildman–Crippen LogP) is 2.01. The molecule has 0 spiro atoms. The third-order valence-electron chi connectivity index (χ3n) is 2.62. The third kappa shape index (κ3) is 2.47. The Bertz CT molecular complexity index is 720. The van der Waals surface area contributed by atoms with Gasteiger partial charge in [-0.2, -0.15) is 0 Å². The van der Waals surface area contributed by atoms with Crippen molar-refractivity contribution in [2.45, 2.75) is 10.8 Å². The van der Waals surface area contributed by atoms with Crippen LogP contribution in [0.25, 0.3) is 0 Å². The molecule has 0 atom stereocenters. The number of aliphatic imine (C=N–C) groups is 1. The highest BCUT2D eigenvalue weighted by molar-refractivity contribution is 7.92. The van der Waals surface area contributed by atoms with Gasteiger partial charge in [-0.25, -0.2) is 18.1 Å². The SMILES string of the molecule is O=S1(=O)NC(=NCc2ccccc2)Nc2ccsc21. The lowest BCUT2D eigenvalue weighted by molar-refractivity contribution is 0.593. The summed E-state index contributed by atoms with van der Waals surface area (Å²) in [6, 6.07) is 11.4. The number of benzene rings is 1. The molecule has 0 radical (unpaired) electrons. The highest BCUT2D eigenvalue weighted by Crippen LogP contribution is 2.29. The van der Waals surface area contributed by atoms with Crippen molar-refractivity contribution < 1.29 is 8.42 Å². The minimum atomic E-state index is -3.48. The van der Waals surface area contributed by atoms with E-state index in [1.807, 2.05) is 30.3 Å². The van der Waals surface area contributed by atoms with Crippen LogP contribution < -0.4 is 10.0 Å². The first-order valence-corrected chi connectivity index (χ1v) is 7.97. The second-order valence-corrected chi connectivity index (χ2v) is 6.80. The first-order valence-electron chi connectivity index (χ1n) is 5.61. The lowest BCUT2D eigenvalue weighted by Gasteiger charge is -2.18. The van der Waals surface area contributed by atoms with Gasteiger partial charge in [-0.1, -0.05) is 30.3 Å². The molecule has 2 N–H and O–H groups in total. The van der Waals surface area contributed by atoms with Gasteiger partial charge in [0.2, 0.25) is 5.96 Å². The zero-order valence-electron chi connectivity index (χ0n) is 9.83. The van der Waals surface area contributed by atoms with E-state index in [4.69, 9.17) is 0 Å². The summed E-state index contributed by atoms with van der Waals surface area (Å²) in [4.78, 5) is 4.25. The summed E-state index contributed by atoms with van der Waals surface area (Å²) in [5.41, 5.74) is 1.60. The van der Waals surface area contributed by atoms with E-state index < -0.39 is 10.0 Å². The van der Waals surface area contributed by atoms with E-state index in [9.17, 15) is 8.42 Å².